The number of methoxy groups -OCH3 is 1. The molecule has 0 saturated heterocycles. The van der Waals surface area contributed by atoms with E-state index in [1.807, 2.05) is 0 Å². The number of thioether (sulfide) groups is 1. The van der Waals surface area contributed by atoms with Crippen molar-refractivity contribution in [2.45, 2.75) is 57.1 Å². The van der Waals surface area contributed by atoms with Gasteiger partial charge < -0.3 is 20.5 Å². The maximum absolute atomic E-state index is 13.3. The first-order valence-electron chi connectivity index (χ1n) is 13.8. The van der Waals surface area contributed by atoms with E-state index in [-0.39, 0.29) is 26.4 Å². The number of carbonyl (C=O) groups is 4. The Morgan fingerprint density at radius 2 is 1.64 bits per heavy atom. The molecular formula is C31H30Cl4N2O6S2. The van der Waals surface area contributed by atoms with Crippen LogP contribution in [-0.4, -0.2) is 41.2 Å². The predicted octanol–water partition coefficient (Wildman–Crippen LogP) is 9.37. The zero-order valence-electron chi connectivity index (χ0n) is 24.9. The van der Waals surface area contributed by atoms with E-state index >= 15 is 0 Å². The second-order valence-corrected chi connectivity index (χ2v) is 15.6. The Bertz CT molecular complexity index is 1700. The van der Waals surface area contributed by atoms with Crippen molar-refractivity contribution in [3.63, 3.8) is 0 Å². The number of carbonyl (C=O) groups excluding carboxylic acids is 3. The number of nitrogens with one attached hydrogen (secondary N) is 2. The summed E-state index contributed by atoms with van der Waals surface area (Å²) < 4.78 is 5.07. The highest BCUT2D eigenvalue weighted by Gasteiger charge is 2.35. The van der Waals surface area contributed by atoms with Crippen molar-refractivity contribution >= 4 is 104 Å². The molecule has 3 N–H and O–H groups in total. The fraction of sp³-hybridized carbons (Fsp3) is 0.355. The smallest absolute Gasteiger partial charge is 0.341 e. The van der Waals surface area contributed by atoms with Gasteiger partial charge in [-0.3, -0.25) is 9.59 Å². The molecule has 3 aromatic rings. The summed E-state index contributed by atoms with van der Waals surface area (Å²) in [5.74, 6) is -2.70. The molecule has 2 aromatic carbocycles. The lowest BCUT2D eigenvalue weighted by Gasteiger charge is -2.33. The van der Waals surface area contributed by atoms with E-state index in [0.29, 0.717) is 27.1 Å². The van der Waals surface area contributed by atoms with Crippen molar-refractivity contribution in [3.05, 3.63) is 71.5 Å². The number of hydrogen-bond donors (Lipinski definition) is 3. The summed E-state index contributed by atoms with van der Waals surface area (Å²) in [5.41, 5.74) is 0.764. The molecule has 14 heteroatoms. The third kappa shape index (κ3) is 7.58. The van der Waals surface area contributed by atoms with E-state index in [1.165, 1.54) is 30.2 Å². The first kappa shape index (κ1) is 35.4. The summed E-state index contributed by atoms with van der Waals surface area (Å²) in [7, 11) is 1.33. The van der Waals surface area contributed by atoms with Gasteiger partial charge in [-0.2, -0.15) is 0 Å². The number of carboxylic acid groups (broad SMARTS) is 1. The summed E-state index contributed by atoms with van der Waals surface area (Å²) in [6.45, 7) is 8.36. The lowest BCUT2D eigenvalue weighted by molar-refractivity contribution is -0.115. The Labute approximate surface area is 289 Å². The number of benzene rings is 2. The molecule has 0 aliphatic heterocycles. The number of rotatable bonds is 8. The molecule has 1 aliphatic carbocycles. The third-order valence-corrected chi connectivity index (χ3v) is 11.7. The number of aromatic carboxylic acids is 1. The second kappa shape index (κ2) is 14.1. The van der Waals surface area contributed by atoms with Crippen LogP contribution in [0.15, 0.2) is 29.2 Å². The van der Waals surface area contributed by atoms with Gasteiger partial charge in [-0.15, -0.1) is 23.1 Å². The van der Waals surface area contributed by atoms with Gasteiger partial charge in [0.2, 0.25) is 5.91 Å². The standard InChI is InChI=1S/C31H30Cl4N2O6S2/c1-13(26(38)37-28-19(30(42)43-5)17-10-9-14(31(2,3)4)11-18(17)45-28)44-16-8-6-7-15(12-16)36-27(39)20-21(29(40)41)23(33)25(35)24(34)22(20)32/h6-8,12-14H,9-11H2,1-5H3,(H,36,39)(H,37,38)(H,40,41). The molecule has 4 rings (SSSR count). The zero-order valence-corrected chi connectivity index (χ0v) is 29.6. The molecule has 2 atom stereocenters. The molecule has 0 saturated carbocycles. The number of amides is 2. The van der Waals surface area contributed by atoms with Crippen LogP contribution in [0.25, 0.3) is 0 Å². The largest absolute Gasteiger partial charge is 0.478 e. The molecule has 2 unspecified atom stereocenters. The van der Waals surface area contributed by atoms with Gasteiger partial charge in [-0.05, 0) is 61.3 Å². The zero-order chi connectivity index (χ0) is 33.4. The highest BCUT2D eigenvalue weighted by atomic mass is 35.5. The number of carboxylic acids is 1. The minimum absolute atomic E-state index is 0.120. The summed E-state index contributed by atoms with van der Waals surface area (Å²) in [4.78, 5) is 52.9. The van der Waals surface area contributed by atoms with Crippen LogP contribution in [0, 0.1) is 11.3 Å². The lowest BCUT2D eigenvalue weighted by Crippen LogP contribution is -2.26. The molecular weight excluding hydrogens is 702 g/mol. The van der Waals surface area contributed by atoms with Crippen LogP contribution < -0.4 is 10.6 Å². The Kier molecular flexibility index (Phi) is 11.1. The average Bonchev–Trinajstić information content (AvgIpc) is 3.33. The normalized spacial score (nSPS) is 15.2. The highest BCUT2D eigenvalue weighted by molar-refractivity contribution is 8.00. The van der Waals surface area contributed by atoms with Crippen molar-refractivity contribution < 1.29 is 29.0 Å². The van der Waals surface area contributed by atoms with E-state index in [9.17, 15) is 24.3 Å². The molecule has 1 aromatic heterocycles. The molecule has 1 aliphatic rings. The summed E-state index contributed by atoms with van der Waals surface area (Å²) in [5, 5.41) is 13.8. The SMILES string of the molecule is COC(=O)c1c(NC(=O)C(C)Sc2cccc(NC(=O)c3c(Cl)c(Cl)c(Cl)c(Cl)c3C(=O)O)c2)sc2c1CCC(C(C)(C)C)C2. The Balaban J connectivity index is 1.52. The molecule has 8 nitrogen and oxygen atoms in total. The second-order valence-electron chi connectivity index (χ2n) is 11.5. The van der Waals surface area contributed by atoms with Crippen molar-refractivity contribution in [2.24, 2.45) is 11.3 Å². The maximum Gasteiger partial charge on any atom is 0.341 e. The Morgan fingerprint density at radius 3 is 2.24 bits per heavy atom. The fourth-order valence-electron chi connectivity index (χ4n) is 5.09. The molecule has 240 valence electrons. The molecule has 0 spiro atoms. The monoisotopic (exact) mass is 730 g/mol. The van der Waals surface area contributed by atoms with E-state index in [4.69, 9.17) is 51.1 Å². The number of thiophene rings is 1. The van der Waals surface area contributed by atoms with Crippen LogP contribution in [0.1, 0.15) is 75.6 Å². The molecule has 2 amide bonds. The quantitative estimate of drug-likeness (QED) is 0.0914. The van der Waals surface area contributed by atoms with E-state index in [1.54, 1.807) is 31.2 Å². The first-order chi connectivity index (χ1) is 21.0. The van der Waals surface area contributed by atoms with Gasteiger partial charge in [0.15, 0.2) is 0 Å². The van der Waals surface area contributed by atoms with Gasteiger partial charge in [0.1, 0.15) is 5.00 Å². The molecule has 45 heavy (non-hydrogen) atoms. The minimum atomic E-state index is -1.51. The van der Waals surface area contributed by atoms with Crippen molar-refractivity contribution in [2.75, 3.05) is 17.7 Å². The van der Waals surface area contributed by atoms with E-state index in [0.717, 1.165) is 29.7 Å². The molecule has 1 heterocycles. The van der Waals surface area contributed by atoms with Crippen LogP contribution in [0.2, 0.25) is 20.1 Å². The molecule has 0 radical (unpaired) electrons. The Morgan fingerprint density at radius 1 is 1.00 bits per heavy atom. The Hall–Kier alpha value is -2.47. The minimum Gasteiger partial charge on any atom is -0.478 e. The van der Waals surface area contributed by atoms with Gasteiger partial charge in [0.05, 0.1) is 49.1 Å². The fourth-order valence-corrected chi connectivity index (χ4v) is 8.35. The topological polar surface area (TPSA) is 122 Å². The summed E-state index contributed by atoms with van der Waals surface area (Å²) in [6, 6.07) is 6.63. The van der Waals surface area contributed by atoms with Crippen LogP contribution in [-0.2, 0) is 22.4 Å². The van der Waals surface area contributed by atoms with Crippen LogP contribution >= 0.6 is 69.5 Å². The number of esters is 1. The maximum atomic E-state index is 13.3. The predicted molar refractivity (Wildman–Crippen MR) is 182 cm³/mol. The van der Waals surface area contributed by atoms with Gasteiger partial charge in [0.25, 0.3) is 5.91 Å². The van der Waals surface area contributed by atoms with Crippen molar-refractivity contribution in [3.8, 4) is 0 Å². The van der Waals surface area contributed by atoms with Crippen LogP contribution in [0.5, 0.6) is 0 Å². The third-order valence-electron chi connectivity index (χ3n) is 7.60. The summed E-state index contributed by atoms with van der Waals surface area (Å²) >= 11 is 27.0. The van der Waals surface area contributed by atoms with Gasteiger partial charge in [0, 0.05) is 15.5 Å². The van der Waals surface area contributed by atoms with Crippen molar-refractivity contribution in [1.29, 1.82) is 0 Å². The van der Waals surface area contributed by atoms with E-state index in [2.05, 4.69) is 31.4 Å². The average molecular weight is 733 g/mol. The van der Waals surface area contributed by atoms with Crippen molar-refractivity contribution in [1.82, 2.24) is 0 Å². The number of ether oxygens (including phenoxy) is 1. The number of fused-ring (bicyclic) bond motifs is 1. The number of anilines is 2. The lowest BCUT2D eigenvalue weighted by atomic mass is 9.72. The van der Waals surface area contributed by atoms with Crippen LogP contribution in [0.3, 0.4) is 0 Å². The van der Waals surface area contributed by atoms with Gasteiger partial charge in [-0.25, -0.2) is 9.59 Å². The first-order valence-corrected chi connectivity index (χ1v) is 17.0. The number of halogens is 4. The van der Waals surface area contributed by atoms with E-state index < -0.39 is 39.2 Å². The highest BCUT2D eigenvalue weighted by Crippen LogP contribution is 2.45. The van der Waals surface area contributed by atoms with Gasteiger partial charge >= 0.3 is 11.9 Å². The molecule has 0 fully saturated rings. The molecule has 0 bridgehead atoms. The summed E-state index contributed by atoms with van der Waals surface area (Å²) in [6.07, 6.45) is 2.52. The van der Waals surface area contributed by atoms with Crippen LogP contribution in [0.4, 0.5) is 10.7 Å². The van der Waals surface area contributed by atoms with Gasteiger partial charge in [-0.1, -0.05) is 73.2 Å². The number of hydrogen-bond acceptors (Lipinski definition) is 7.